The summed E-state index contributed by atoms with van der Waals surface area (Å²) in [5.41, 5.74) is 19.8. The lowest BCUT2D eigenvalue weighted by Crippen LogP contribution is -2.23. The molecule has 1 aliphatic rings. The number of hydrogen-bond acceptors (Lipinski definition) is 2. The van der Waals surface area contributed by atoms with Crippen molar-refractivity contribution >= 4 is 11.3 Å². The molecule has 0 spiro atoms. The van der Waals surface area contributed by atoms with Crippen molar-refractivity contribution in [3.05, 3.63) is 68.8 Å². The molecule has 3 rings (SSSR count). The highest BCUT2D eigenvalue weighted by Gasteiger charge is 2.26. The second-order valence-corrected chi connectivity index (χ2v) is 7.66. The molecule has 0 atom stereocenters. The first kappa shape index (κ1) is 17.8. The molecule has 0 unspecified atom stereocenters. The van der Waals surface area contributed by atoms with Gasteiger partial charge in [0.05, 0.1) is 0 Å². The molecule has 0 bridgehead atoms. The van der Waals surface area contributed by atoms with Crippen LogP contribution in [0.15, 0.2) is 29.8 Å². The molecule has 0 fully saturated rings. The van der Waals surface area contributed by atoms with Gasteiger partial charge >= 0.3 is 0 Å². The van der Waals surface area contributed by atoms with E-state index >= 15 is 0 Å². The highest BCUT2D eigenvalue weighted by molar-refractivity contribution is 5.82. The Bertz CT molecular complexity index is 812. The SMILES string of the molecule is Cc1cc(C)c(C2=C(CN)CN(c3c(C)cc(C)cc3C)C2)c(C)c1. The zero-order valence-corrected chi connectivity index (χ0v) is 16.5. The van der Waals surface area contributed by atoms with E-state index in [1.807, 2.05) is 0 Å². The largest absolute Gasteiger partial charge is 0.363 e. The molecule has 2 heteroatoms. The van der Waals surface area contributed by atoms with E-state index in [9.17, 15) is 0 Å². The van der Waals surface area contributed by atoms with Crippen LogP contribution in [0.25, 0.3) is 5.57 Å². The lowest BCUT2D eigenvalue weighted by molar-refractivity contribution is 0.951. The summed E-state index contributed by atoms with van der Waals surface area (Å²) in [6.07, 6.45) is 0. The van der Waals surface area contributed by atoms with E-state index in [2.05, 4.69) is 70.7 Å². The minimum absolute atomic E-state index is 0.628. The van der Waals surface area contributed by atoms with Crippen LogP contribution in [0, 0.1) is 41.5 Å². The van der Waals surface area contributed by atoms with E-state index in [1.165, 1.54) is 55.8 Å². The molecule has 1 heterocycles. The third-order valence-electron chi connectivity index (χ3n) is 5.33. The van der Waals surface area contributed by atoms with E-state index in [1.54, 1.807) is 0 Å². The van der Waals surface area contributed by atoms with Gasteiger partial charge in [0.1, 0.15) is 0 Å². The Kier molecular flexibility index (Phi) is 4.75. The molecule has 0 amide bonds. The van der Waals surface area contributed by atoms with Gasteiger partial charge in [-0.1, -0.05) is 35.4 Å². The van der Waals surface area contributed by atoms with E-state index in [0.717, 1.165) is 13.1 Å². The summed E-state index contributed by atoms with van der Waals surface area (Å²) in [4.78, 5) is 2.50. The summed E-state index contributed by atoms with van der Waals surface area (Å²) < 4.78 is 0. The fourth-order valence-electron chi connectivity index (χ4n) is 4.61. The van der Waals surface area contributed by atoms with Gasteiger partial charge in [-0.05, 0) is 80.5 Å². The first-order valence-corrected chi connectivity index (χ1v) is 9.13. The van der Waals surface area contributed by atoms with Gasteiger partial charge < -0.3 is 10.6 Å². The minimum atomic E-state index is 0.628. The number of rotatable bonds is 3. The number of nitrogens with zero attached hydrogens (tertiary/aromatic N) is 1. The minimum Gasteiger partial charge on any atom is -0.363 e. The lowest BCUT2D eigenvalue weighted by atomic mass is 9.92. The predicted octanol–water partition coefficient (Wildman–Crippen LogP) is 4.77. The van der Waals surface area contributed by atoms with Crippen LogP contribution >= 0.6 is 0 Å². The van der Waals surface area contributed by atoms with Crippen molar-refractivity contribution in [2.24, 2.45) is 5.73 Å². The molecule has 2 nitrogen and oxygen atoms in total. The van der Waals surface area contributed by atoms with Crippen LogP contribution in [0.5, 0.6) is 0 Å². The highest BCUT2D eigenvalue weighted by Crippen LogP contribution is 2.36. The molecule has 0 radical (unpaired) electrons. The summed E-state index contributed by atoms with van der Waals surface area (Å²) in [6.45, 7) is 15.7. The van der Waals surface area contributed by atoms with Gasteiger partial charge in [-0.15, -0.1) is 0 Å². The number of benzene rings is 2. The summed E-state index contributed by atoms with van der Waals surface area (Å²) in [5, 5.41) is 0. The van der Waals surface area contributed by atoms with Gasteiger partial charge in [-0.2, -0.15) is 0 Å². The van der Waals surface area contributed by atoms with Crippen LogP contribution in [-0.4, -0.2) is 19.6 Å². The van der Waals surface area contributed by atoms with Gasteiger partial charge in [-0.25, -0.2) is 0 Å². The molecule has 1 aliphatic heterocycles. The predicted molar refractivity (Wildman–Crippen MR) is 109 cm³/mol. The first-order chi connectivity index (χ1) is 11.8. The molecule has 132 valence electrons. The lowest BCUT2D eigenvalue weighted by Gasteiger charge is -2.25. The van der Waals surface area contributed by atoms with Gasteiger partial charge in [0.25, 0.3) is 0 Å². The molecule has 0 aromatic heterocycles. The average Bonchev–Trinajstić information content (AvgIpc) is 2.88. The molecule has 25 heavy (non-hydrogen) atoms. The van der Waals surface area contributed by atoms with Crippen molar-refractivity contribution in [2.45, 2.75) is 41.5 Å². The summed E-state index contributed by atoms with van der Waals surface area (Å²) in [7, 11) is 0. The third-order valence-corrected chi connectivity index (χ3v) is 5.33. The van der Waals surface area contributed by atoms with E-state index in [0.29, 0.717) is 6.54 Å². The van der Waals surface area contributed by atoms with Crippen LogP contribution in [0.1, 0.15) is 38.9 Å². The first-order valence-electron chi connectivity index (χ1n) is 9.13. The number of anilines is 1. The van der Waals surface area contributed by atoms with Gasteiger partial charge in [0.2, 0.25) is 0 Å². The molecule has 0 aliphatic carbocycles. The van der Waals surface area contributed by atoms with Crippen LogP contribution in [-0.2, 0) is 0 Å². The van der Waals surface area contributed by atoms with Crippen molar-refractivity contribution in [2.75, 3.05) is 24.5 Å². The third kappa shape index (κ3) is 3.23. The molecule has 2 aromatic rings. The molecule has 2 N–H and O–H groups in total. The number of hydrogen-bond donors (Lipinski definition) is 1. The fourth-order valence-corrected chi connectivity index (χ4v) is 4.61. The fraction of sp³-hybridized carbons (Fsp3) is 0.391. The van der Waals surface area contributed by atoms with Crippen molar-refractivity contribution in [1.82, 2.24) is 0 Å². The van der Waals surface area contributed by atoms with Crippen molar-refractivity contribution in [3.63, 3.8) is 0 Å². The zero-order valence-electron chi connectivity index (χ0n) is 16.5. The van der Waals surface area contributed by atoms with E-state index in [-0.39, 0.29) is 0 Å². The quantitative estimate of drug-likeness (QED) is 0.876. The van der Waals surface area contributed by atoms with E-state index < -0.39 is 0 Å². The standard InChI is InChI=1S/C23H30N2/c1-14-7-16(3)22(17(4)8-14)21-13-25(12-20(21)11-24)23-18(5)9-15(2)10-19(23)6/h7-10H,11-13,24H2,1-6H3. The van der Waals surface area contributed by atoms with Crippen molar-refractivity contribution < 1.29 is 0 Å². The topological polar surface area (TPSA) is 29.3 Å². The van der Waals surface area contributed by atoms with Gasteiger partial charge in [0.15, 0.2) is 0 Å². The molecular formula is C23H30N2. The summed E-state index contributed by atoms with van der Waals surface area (Å²) in [6, 6.07) is 9.14. The Hall–Kier alpha value is -2.06. The molecule has 0 saturated carbocycles. The Balaban J connectivity index is 2.04. The maximum Gasteiger partial charge on any atom is 0.0440 e. The maximum absolute atomic E-state index is 6.15. The Morgan fingerprint density at radius 1 is 0.760 bits per heavy atom. The monoisotopic (exact) mass is 334 g/mol. The second-order valence-electron chi connectivity index (χ2n) is 7.66. The smallest absolute Gasteiger partial charge is 0.0440 e. The average molecular weight is 335 g/mol. The molecule has 2 aromatic carbocycles. The van der Waals surface area contributed by atoms with Gasteiger partial charge in [0, 0.05) is 25.3 Å². The number of nitrogens with two attached hydrogens (primary N) is 1. The maximum atomic E-state index is 6.15. The highest BCUT2D eigenvalue weighted by atomic mass is 15.2. The van der Waals surface area contributed by atoms with Crippen LogP contribution < -0.4 is 10.6 Å². The van der Waals surface area contributed by atoms with Crippen LogP contribution in [0.4, 0.5) is 5.69 Å². The Labute approximate surface area is 152 Å². The summed E-state index contributed by atoms with van der Waals surface area (Å²) in [5.74, 6) is 0. The van der Waals surface area contributed by atoms with Crippen molar-refractivity contribution in [1.29, 1.82) is 0 Å². The Morgan fingerprint density at radius 2 is 1.24 bits per heavy atom. The van der Waals surface area contributed by atoms with Crippen LogP contribution in [0.2, 0.25) is 0 Å². The number of aryl methyl sites for hydroxylation is 6. The van der Waals surface area contributed by atoms with E-state index in [4.69, 9.17) is 5.73 Å². The second kappa shape index (κ2) is 6.68. The van der Waals surface area contributed by atoms with Crippen LogP contribution in [0.3, 0.4) is 0 Å². The Morgan fingerprint density at radius 3 is 1.72 bits per heavy atom. The molecule has 0 saturated heterocycles. The normalized spacial score (nSPS) is 14.6. The molecular weight excluding hydrogens is 304 g/mol. The summed E-state index contributed by atoms with van der Waals surface area (Å²) >= 11 is 0. The van der Waals surface area contributed by atoms with Gasteiger partial charge in [-0.3, -0.25) is 0 Å². The van der Waals surface area contributed by atoms with Crippen molar-refractivity contribution in [3.8, 4) is 0 Å². The zero-order chi connectivity index (χ0) is 18.3.